The SMILES string of the molecule is O=C(Cn1ccc(C(F)(F)F)n1)Nc1ncn(Cc2ccc(Cl)cc2)n1. The average molecular weight is 385 g/mol. The van der Waals surface area contributed by atoms with Gasteiger partial charge in [0.15, 0.2) is 5.69 Å². The number of carbonyl (C=O) groups excluding carboxylic acids is 1. The number of amides is 1. The summed E-state index contributed by atoms with van der Waals surface area (Å²) in [6.07, 6.45) is -2.04. The zero-order valence-corrected chi connectivity index (χ0v) is 13.9. The van der Waals surface area contributed by atoms with E-state index in [2.05, 4.69) is 20.5 Å². The maximum atomic E-state index is 12.5. The lowest BCUT2D eigenvalue weighted by Crippen LogP contribution is -2.20. The Morgan fingerprint density at radius 2 is 1.85 bits per heavy atom. The van der Waals surface area contributed by atoms with Crippen LogP contribution < -0.4 is 5.32 Å². The van der Waals surface area contributed by atoms with Gasteiger partial charge in [-0.15, -0.1) is 5.10 Å². The molecule has 26 heavy (non-hydrogen) atoms. The van der Waals surface area contributed by atoms with Crippen LogP contribution in [-0.4, -0.2) is 30.5 Å². The van der Waals surface area contributed by atoms with Gasteiger partial charge in [0.2, 0.25) is 11.9 Å². The molecule has 0 radical (unpaired) electrons. The number of halogens is 4. The van der Waals surface area contributed by atoms with Crippen molar-refractivity contribution in [2.24, 2.45) is 0 Å². The van der Waals surface area contributed by atoms with Crippen molar-refractivity contribution in [2.75, 3.05) is 5.32 Å². The molecule has 1 aromatic carbocycles. The van der Waals surface area contributed by atoms with E-state index in [0.717, 1.165) is 22.5 Å². The molecule has 3 rings (SSSR count). The van der Waals surface area contributed by atoms with Crippen LogP contribution in [0, 0.1) is 0 Å². The Morgan fingerprint density at radius 3 is 2.50 bits per heavy atom. The molecule has 2 aromatic heterocycles. The lowest BCUT2D eigenvalue weighted by atomic mass is 10.2. The number of hydrogen-bond donors (Lipinski definition) is 1. The fourth-order valence-electron chi connectivity index (χ4n) is 2.12. The Hall–Kier alpha value is -2.88. The summed E-state index contributed by atoms with van der Waals surface area (Å²) in [5, 5.41) is 10.4. The summed E-state index contributed by atoms with van der Waals surface area (Å²) < 4.78 is 39.8. The van der Waals surface area contributed by atoms with Crippen molar-refractivity contribution < 1.29 is 18.0 Å². The summed E-state index contributed by atoms with van der Waals surface area (Å²) in [6.45, 7) is 0.0376. The molecular formula is C15H12ClF3N6O. The van der Waals surface area contributed by atoms with Gasteiger partial charge >= 0.3 is 6.18 Å². The minimum atomic E-state index is -4.55. The number of hydrogen-bond acceptors (Lipinski definition) is 4. The number of anilines is 1. The van der Waals surface area contributed by atoms with Crippen molar-refractivity contribution in [3.63, 3.8) is 0 Å². The monoisotopic (exact) mass is 384 g/mol. The van der Waals surface area contributed by atoms with Crippen LogP contribution in [0.5, 0.6) is 0 Å². The Kier molecular flexibility index (Phi) is 4.94. The van der Waals surface area contributed by atoms with Gasteiger partial charge in [-0.05, 0) is 23.8 Å². The number of nitrogens with zero attached hydrogens (tertiary/aromatic N) is 5. The smallest absolute Gasteiger partial charge is 0.292 e. The molecule has 11 heteroatoms. The summed E-state index contributed by atoms with van der Waals surface area (Å²) in [6, 6.07) is 7.95. The van der Waals surface area contributed by atoms with E-state index in [0.29, 0.717) is 11.6 Å². The third kappa shape index (κ3) is 4.60. The molecule has 0 saturated carbocycles. The van der Waals surface area contributed by atoms with Gasteiger partial charge in [0.05, 0.1) is 6.54 Å². The molecule has 0 atom stereocenters. The molecule has 0 bridgehead atoms. The highest BCUT2D eigenvalue weighted by atomic mass is 35.5. The van der Waals surface area contributed by atoms with Gasteiger partial charge in [0.25, 0.3) is 0 Å². The number of aromatic nitrogens is 5. The Labute approximate surface area is 150 Å². The summed E-state index contributed by atoms with van der Waals surface area (Å²) in [5.74, 6) is -0.543. The Bertz CT molecular complexity index is 903. The topological polar surface area (TPSA) is 77.6 Å². The third-order valence-corrected chi connectivity index (χ3v) is 3.53. The molecule has 136 valence electrons. The highest BCUT2D eigenvalue weighted by molar-refractivity contribution is 6.30. The molecule has 1 N–H and O–H groups in total. The van der Waals surface area contributed by atoms with Gasteiger partial charge < -0.3 is 0 Å². The number of nitrogens with one attached hydrogen (secondary N) is 1. The highest BCUT2D eigenvalue weighted by Gasteiger charge is 2.33. The van der Waals surface area contributed by atoms with Crippen LogP contribution in [0.25, 0.3) is 0 Å². The molecule has 2 heterocycles. The van der Waals surface area contributed by atoms with Gasteiger partial charge in [-0.3, -0.25) is 14.8 Å². The largest absolute Gasteiger partial charge is 0.435 e. The summed E-state index contributed by atoms with van der Waals surface area (Å²) in [7, 11) is 0. The van der Waals surface area contributed by atoms with Crippen LogP contribution in [0.1, 0.15) is 11.3 Å². The molecule has 0 aliphatic carbocycles. The van der Waals surface area contributed by atoms with Crippen LogP contribution >= 0.6 is 11.6 Å². The van der Waals surface area contributed by atoms with Crippen molar-refractivity contribution in [2.45, 2.75) is 19.3 Å². The van der Waals surface area contributed by atoms with E-state index in [-0.39, 0.29) is 12.5 Å². The quantitative estimate of drug-likeness (QED) is 0.733. The van der Waals surface area contributed by atoms with Gasteiger partial charge in [-0.1, -0.05) is 23.7 Å². The maximum absolute atomic E-state index is 12.5. The van der Waals surface area contributed by atoms with E-state index in [1.165, 1.54) is 11.0 Å². The van der Waals surface area contributed by atoms with E-state index >= 15 is 0 Å². The Morgan fingerprint density at radius 1 is 1.12 bits per heavy atom. The molecule has 0 fully saturated rings. The van der Waals surface area contributed by atoms with Gasteiger partial charge in [0, 0.05) is 11.2 Å². The molecule has 0 aliphatic heterocycles. The second-order valence-corrected chi connectivity index (χ2v) is 5.77. The molecule has 3 aromatic rings. The number of rotatable bonds is 5. The fourth-order valence-corrected chi connectivity index (χ4v) is 2.24. The zero-order valence-electron chi connectivity index (χ0n) is 13.1. The standard InChI is InChI=1S/C15H12ClF3N6O/c16-11-3-1-10(2-4-11)7-25-9-20-14(23-25)21-13(26)8-24-6-5-12(22-24)15(17,18)19/h1-6,9H,7-8H2,(H,21,23,26). The lowest BCUT2D eigenvalue weighted by Gasteiger charge is -2.03. The highest BCUT2D eigenvalue weighted by Crippen LogP contribution is 2.27. The number of carbonyl (C=O) groups is 1. The van der Waals surface area contributed by atoms with Crippen molar-refractivity contribution >= 4 is 23.5 Å². The fraction of sp³-hybridized carbons (Fsp3) is 0.200. The van der Waals surface area contributed by atoms with Crippen LogP contribution in [0.15, 0.2) is 42.9 Å². The van der Waals surface area contributed by atoms with E-state index < -0.39 is 17.8 Å². The predicted molar refractivity (Wildman–Crippen MR) is 86.4 cm³/mol. The summed E-state index contributed by atoms with van der Waals surface area (Å²) in [5.41, 5.74) is -0.121. The van der Waals surface area contributed by atoms with Crippen molar-refractivity contribution in [1.29, 1.82) is 0 Å². The summed E-state index contributed by atoms with van der Waals surface area (Å²) in [4.78, 5) is 15.8. The molecule has 0 saturated heterocycles. The first-order valence-corrected chi connectivity index (χ1v) is 7.72. The molecule has 0 spiro atoms. The lowest BCUT2D eigenvalue weighted by molar-refractivity contribution is -0.141. The zero-order chi connectivity index (χ0) is 18.7. The predicted octanol–water partition coefficient (Wildman–Crippen LogP) is 2.83. The average Bonchev–Trinajstić information content (AvgIpc) is 3.19. The molecule has 1 amide bonds. The number of alkyl halides is 3. The third-order valence-electron chi connectivity index (χ3n) is 3.28. The van der Waals surface area contributed by atoms with Crippen LogP contribution in [0.2, 0.25) is 5.02 Å². The van der Waals surface area contributed by atoms with Gasteiger partial charge in [-0.25, -0.2) is 9.67 Å². The second kappa shape index (κ2) is 7.16. The first-order valence-electron chi connectivity index (χ1n) is 7.34. The van der Waals surface area contributed by atoms with Crippen molar-refractivity contribution in [1.82, 2.24) is 24.5 Å². The van der Waals surface area contributed by atoms with Crippen molar-refractivity contribution in [3.05, 3.63) is 59.1 Å². The minimum absolute atomic E-state index is 0.0483. The normalized spacial score (nSPS) is 11.5. The summed E-state index contributed by atoms with van der Waals surface area (Å²) >= 11 is 5.82. The van der Waals surface area contributed by atoms with E-state index in [1.54, 1.807) is 12.1 Å². The minimum Gasteiger partial charge on any atom is -0.292 e. The molecule has 7 nitrogen and oxygen atoms in total. The van der Waals surface area contributed by atoms with E-state index in [9.17, 15) is 18.0 Å². The Balaban J connectivity index is 1.57. The first kappa shape index (κ1) is 17.9. The first-order chi connectivity index (χ1) is 12.3. The van der Waals surface area contributed by atoms with Crippen LogP contribution in [0.4, 0.5) is 19.1 Å². The second-order valence-electron chi connectivity index (χ2n) is 5.34. The maximum Gasteiger partial charge on any atom is 0.435 e. The van der Waals surface area contributed by atoms with Crippen LogP contribution in [-0.2, 0) is 24.1 Å². The van der Waals surface area contributed by atoms with E-state index in [4.69, 9.17) is 11.6 Å². The molecule has 0 unspecified atom stereocenters. The van der Waals surface area contributed by atoms with Gasteiger partial charge in [0.1, 0.15) is 12.9 Å². The number of benzene rings is 1. The molecule has 0 aliphatic rings. The van der Waals surface area contributed by atoms with Gasteiger partial charge in [-0.2, -0.15) is 18.3 Å². The van der Waals surface area contributed by atoms with Crippen molar-refractivity contribution in [3.8, 4) is 0 Å². The van der Waals surface area contributed by atoms with Crippen LogP contribution in [0.3, 0.4) is 0 Å². The van der Waals surface area contributed by atoms with E-state index in [1.807, 2.05) is 12.1 Å². The molecular weight excluding hydrogens is 373 g/mol.